The molecule has 1 saturated carbocycles. The number of hydrogen-bond donors (Lipinski definition) is 2. The van der Waals surface area contributed by atoms with Crippen LogP contribution in [0.25, 0.3) is 0 Å². The third-order valence-corrected chi connectivity index (χ3v) is 6.49. The number of carbonyl (C=O) groups is 1. The molecule has 0 radical (unpaired) electrons. The molecule has 34 heavy (non-hydrogen) atoms. The van der Waals surface area contributed by atoms with Crippen LogP contribution in [0, 0.1) is 0 Å². The van der Waals surface area contributed by atoms with E-state index < -0.39 is 11.2 Å². The monoisotopic (exact) mass is 471 g/mol. The summed E-state index contributed by atoms with van der Waals surface area (Å²) >= 11 is 0. The highest BCUT2D eigenvalue weighted by atomic mass is 16.5. The second-order valence-corrected chi connectivity index (χ2v) is 8.80. The van der Waals surface area contributed by atoms with Gasteiger partial charge in [-0.05, 0) is 31.7 Å². The van der Waals surface area contributed by atoms with E-state index in [-0.39, 0.29) is 36.5 Å². The van der Waals surface area contributed by atoms with Crippen molar-refractivity contribution in [1.29, 1.82) is 0 Å². The lowest BCUT2D eigenvalue weighted by Crippen LogP contribution is -2.48. The van der Waals surface area contributed by atoms with Crippen LogP contribution < -0.4 is 21.9 Å². The summed E-state index contributed by atoms with van der Waals surface area (Å²) in [6.07, 6.45) is 6.09. The quantitative estimate of drug-likeness (QED) is 0.486. The normalized spacial score (nSPS) is 14.2. The first kappa shape index (κ1) is 25.6. The van der Waals surface area contributed by atoms with Gasteiger partial charge in [0.05, 0.1) is 13.1 Å². The maximum atomic E-state index is 13.4. The zero-order valence-electron chi connectivity index (χ0n) is 20.3. The minimum atomic E-state index is -0.585. The number of benzene rings is 1. The standard InChI is InChI=1S/C25H37N5O4/c1-3-29(20-13-8-5-9-14-20)21(31)18-28(15-10-16-34-2)22-23(26)30(25(33)27-24(22)32)17-19-11-6-4-7-12-19/h4,6-7,11-12,20H,3,5,8-10,13-18,26H2,1-2H3,(H,27,32,33). The molecule has 9 nitrogen and oxygen atoms in total. The summed E-state index contributed by atoms with van der Waals surface area (Å²) in [4.78, 5) is 44.9. The number of nitrogens with one attached hydrogen (secondary N) is 1. The van der Waals surface area contributed by atoms with Crippen molar-refractivity contribution < 1.29 is 9.53 Å². The fourth-order valence-corrected chi connectivity index (χ4v) is 4.76. The second kappa shape index (κ2) is 12.4. The summed E-state index contributed by atoms with van der Waals surface area (Å²) in [5, 5.41) is 0. The number of nitrogen functional groups attached to an aromatic ring is 1. The lowest BCUT2D eigenvalue weighted by Gasteiger charge is -2.35. The van der Waals surface area contributed by atoms with E-state index in [2.05, 4.69) is 4.98 Å². The highest BCUT2D eigenvalue weighted by Gasteiger charge is 2.27. The number of rotatable bonds is 11. The van der Waals surface area contributed by atoms with Crippen LogP contribution in [0.5, 0.6) is 0 Å². The van der Waals surface area contributed by atoms with Gasteiger partial charge >= 0.3 is 5.69 Å². The highest BCUT2D eigenvalue weighted by molar-refractivity contribution is 5.83. The maximum absolute atomic E-state index is 13.4. The SMILES string of the molecule is CCN(C(=O)CN(CCCOC)c1c(N)n(Cc2ccccc2)c(=O)[nH]c1=O)C1CCCCC1. The van der Waals surface area contributed by atoms with E-state index in [4.69, 9.17) is 10.5 Å². The minimum Gasteiger partial charge on any atom is -0.385 e. The van der Waals surface area contributed by atoms with Crippen LogP contribution in [0.2, 0.25) is 0 Å². The first-order valence-corrected chi connectivity index (χ1v) is 12.2. The number of amides is 1. The molecule has 1 aromatic heterocycles. The van der Waals surface area contributed by atoms with Crippen LogP contribution >= 0.6 is 0 Å². The number of anilines is 2. The Labute approximate surface area is 200 Å². The molecule has 1 fully saturated rings. The number of carbonyl (C=O) groups excluding carboxylic acids is 1. The van der Waals surface area contributed by atoms with Gasteiger partial charge in [0.2, 0.25) is 5.91 Å². The largest absolute Gasteiger partial charge is 0.385 e. The van der Waals surface area contributed by atoms with Crippen LogP contribution in [0.4, 0.5) is 11.5 Å². The molecular formula is C25H37N5O4. The smallest absolute Gasteiger partial charge is 0.330 e. The number of aromatic amines is 1. The van der Waals surface area contributed by atoms with Crippen molar-refractivity contribution in [3.8, 4) is 0 Å². The molecule has 0 atom stereocenters. The van der Waals surface area contributed by atoms with Crippen molar-refractivity contribution in [3.63, 3.8) is 0 Å². The summed E-state index contributed by atoms with van der Waals surface area (Å²) in [6.45, 7) is 3.73. The van der Waals surface area contributed by atoms with E-state index >= 15 is 0 Å². The molecule has 0 unspecified atom stereocenters. The van der Waals surface area contributed by atoms with E-state index in [0.29, 0.717) is 26.1 Å². The first-order chi connectivity index (χ1) is 16.5. The van der Waals surface area contributed by atoms with Gasteiger partial charge < -0.3 is 20.3 Å². The molecule has 1 aliphatic rings. The van der Waals surface area contributed by atoms with E-state index in [0.717, 1.165) is 31.2 Å². The third kappa shape index (κ3) is 6.28. The van der Waals surface area contributed by atoms with Crippen molar-refractivity contribution in [2.75, 3.05) is 44.0 Å². The number of nitrogens with zero attached hydrogens (tertiary/aromatic N) is 3. The molecule has 0 bridgehead atoms. The van der Waals surface area contributed by atoms with Gasteiger partial charge in [0.25, 0.3) is 5.56 Å². The zero-order chi connectivity index (χ0) is 24.5. The molecule has 1 aliphatic carbocycles. The average Bonchev–Trinajstić information content (AvgIpc) is 2.83. The van der Waals surface area contributed by atoms with Crippen molar-refractivity contribution >= 4 is 17.4 Å². The minimum absolute atomic E-state index is 0.0187. The Kier molecular flexibility index (Phi) is 9.33. The number of ether oxygens (including phenoxy) is 1. The van der Waals surface area contributed by atoms with Crippen LogP contribution in [0.15, 0.2) is 39.9 Å². The van der Waals surface area contributed by atoms with Crippen LogP contribution in [-0.2, 0) is 16.1 Å². The van der Waals surface area contributed by atoms with Crippen molar-refractivity contribution in [2.45, 2.75) is 58.0 Å². The molecule has 3 N–H and O–H groups in total. The second-order valence-electron chi connectivity index (χ2n) is 8.80. The molecule has 1 amide bonds. The topological polar surface area (TPSA) is 114 Å². The van der Waals surface area contributed by atoms with Gasteiger partial charge in [0.15, 0.2) is 0 Å². The van der Waals surface area contributed by atoms with Gasteiger partial charge in [0, 0.05) is 32.8 Å². The molecule has 3 rings (SSSR count). The Morgan fingerprint density at radius 2 is 1.88 bits per heavy atom. The number of methoxy groups -OCH3 is 1. The summed E-state index contributed by atoms with van der Waals surface area (Å²) in [5.74, 6) is 0.0231. The number of aromatic nitrogens is 2. The van der Waals surface area contributed by atoms with Gasteiger partial charge in [-0.25, -0.2) is 4.79 Å². The first-order valence-electron chi connectivity index (χ1n) is 12.2. The summed E-state index contributed by atoms with van der Waals surface area (Å²) in [7, 11) is 1.61. The van der Waals surface area contributed by atoms with Crippen molar-refractivity contribution in [3.05, 3.63) is 56.7 Å². The average molecular weight is 472 g/mol. The molecule has 0 spiro atoms. The van der Waals surface area contributed by atoms with Gasteiger partial charge in [-0.3, -0.25) is 19.1 Å². The fraction of sp³-hybridized carbons (Fsp3) is 0.560. The van der Waals surface area contributed by atoms with Gasteiger partial charge in [0.1, 0.15) is 11.5 Å². The Balaban J connectivity index is 1.92. The van der Waals surface area contributed by atoms with Gasteiger partial charge in [-0.2, -0.15) is 0 Å². The molecular weight excluding hydrogens is 434 g/mol. The van der Waals surface area contributed by atoms with Crippen LogP contribution in [0.3, 0.4) is 0 Å². The van der Waals surface area contributed by atoms with Gasteiger partial charge in [-0.1, -0.05) is 49.6 Å². The Morgan fingerprint density at radius 3 is 2.53 bits per heavy atom. The maximum Gasteiger partial charge on any atom is 0.330 e. The van der Waals surface area contributed by atoms with Crippen molar-refractivity contribution in [1.82, 2.24) is 14.5 Å². The number of H-pyrrole nitrogens is 1. The number of nitrogens with two attached hydrogens (primary N) is 1. The number of likely N-dealkylation sites (N-methyl/N-ethyl adjacent to an activating group) is 1. The fourth-order valence-electron chi connectivity index (χ4n) is 4.76. The number of hydrogen-bond acceptors (Lipinski definition) is 6. The van der Waals surface area contributed by atoms with Crippen molar-refractivity contribution in [2.24, 2.45) is 0 Å². The Bertz CT molecular complexity index is 1040. The van der Waals surface area contributed by atoms with E-state index in [1.165, 1.54) is 11.0 Å². The molecule has 2 aromatic rings. The summed E-state index contributed by atoms with van der Waals surface area (Å²) in [6, 6.07) is 9.66. The Hall–Kier alpha value is -3.07. The zero-order valence-corrected chi connectivity index (χ0v) is 20.3. The lowest BCUT2D eigenvalue weighted by atomic mass is 9.94. The van der Waals surface area contributed by atoms with Crippen LogP contribution in [-0.4, -0.2) is 59.8 Å². The predicted octanol–water partition coefficient (Wildman–Crippen LogP) is 2.19. The van der Waals surface area contributed by atoms with E-state index in [1.807, 2.05) is 42.2 Å². The molecule has 0 saturated heterocycles. The third-order valence-electron chi connectivity index (χ3n) is 6.49. The highest BCUT2D eigenvalue weighted by Crippen LogP contribution is 2.24. The van der Waals surface area contributed by atoms with Crippen LogP contribution in [0.1, 0.15) is 51.0 Å². The Morgan fingerprint density at radius 1 is 1.18 bits per heavy atom. The summed E-state index contributed by atoms with van der Waals surface area (Å²) < 4.78 is 6.53. The lowest BCUT2D eigenvalue weighted by molar-refractivity contribution is -0.132. The molecule has 1 heterocycles. The molecule has 1 aromatic carbocycles. The molecule has 186 valence electrons. The predicted molar refractivity (Wildman–Crippen MR) is 134 cm³/mol. The van der Waals surface area contributed by atoms with E-state index in [9.17, 15) is 14.4 Å². The van der Waals surface area contributed by atoms with Gasteiger partial charge in [-0.15, -0.1) is 0 Å². The van der Waals surface area contributed by atoms with E-state index in [1.54, 1.807) is 12.0 Å². The summed E-state index contributed by atoms with van der Waals surface area (Å²) in [5.41, 5.74) is 6.28. The molecule has 9 heteroatoms. The molecule has 0 aliphatic heterocycles.